The Kier molecular flexibility index (Phi) is 5.16. The third kappa shape index (κ3) is 4.46. The first-order valence-electron chi connectivity index (χ1n) is 7.08. The summed E-state index contributed by atoms with van der Waals surface area (Å²) >= 11 is 0. The highest BCUT2D eigenvalue weighted by atomic mass is 16.5. The van der Waals surface area contributed by atoms with Crippen LogP contribution in [0.3, 0.4) is 0 Å². The molecule has 0 amide bonds. The Morgan fingerprint density at radius 1 is 1.15 bits per heavy atom. The molecular weight excluding hydrogens is 250 g/mol. The SMILES string of the molecule is CN(C)C(C)(C)COc1cc(CN)cc(C(C)(C)C)n1. The lowest BCUT2D eigenvalue weighted by molar-refractivity contribution is 0.110. The predicted octanol–water partition coefficient (Wildman–Crippen LogP) is 2.56. The summed E-state index contributed by atoms with van der Waals surface area (Å²) in [5.74, 6) is 0.660. The van der Waals surface area contributed by atoms with Crippen molar-refractivity contribution < 1.29 is 4.74 Å². The lowest BCUT2D eigenvalue weighted by atomic mass is 9.91. The lowest BCUT2D eigenvalue weighted by Crippen LogP contribution is -2.43. The number of nitrogens with zero attached hydrogens (tertiary/aromatic N) is 2. The average Bonchev–Trinajstić information content (AvgIpc) is 2.34. The van der Waals surface area contributed by atoms with Gasteiger partial charge in [0.1, 0.15) is 6.61 Å². The summed E-state index contributed by atoms with van der Waals surface area (Å²) in [7, 11) is 4.10. The molecule has 0 atom stereocenters. The number of ether oxygens (including phenoxy) is 1. The van der Waals surface area contributed by atoms with Gasteiger partial charge in [-0.15, -0.1) is 0 Å². The Bertz CT molecular complexity index is 448. The Labute approximate surface area is 123 Å². The van der Waals surface area contributed by atoms with Gasteiger partial charge in [-0.25, -0.2) is 4.98 Å². The monoisotopic (exact) mass is 279 g/mol. The summed E-state index contributed by atoms with van der Waals surface area (Å²) in [4.78, 5) is 6.76. The number of hydrogen-bond acceptors (Lipinski definition) is 4. The van der Waals surface area contributed by atoms with Crippen LogP contribution in [-0.4, -0.2) is 36.1 Å². The fourth-order valence-corrected chi connectivity index (χ4v) is 1.51. The molecule has 2 N–H and O–H groups in total. The molecule has 0 unspecified atom stereocenters. The highest BCUT2D eigenvalue weighted by Gasteiger charge is 2.22. The molecule has 0 saturated carbocycles. The van der Waals surface area contributed by atoms with E-state index in [2.05, 4.69) is 50.6 Å². The average molecular weight is 279 g/mol. The molecule has 114 valence electrons. The third-order valence-corrected chi connectivity index (χ3v) is 3.65. The molecule has 0 aliphatic heterocycles. The van der Waals surface area contributed by atoms with E-state index in [4.69, 9.17) is 10.5 Å². The maximum absolute atomic E-state index is 5.90. The predicted molar refractivity (Wildman–Crippen MR) is 84.1 cm³/mol. The minimum absolute atomic E-state index is 0.0135. The summed E-state index contributed by atoms with van der Waals surface area (Å²) in [6.07, 6.45) is 0. The van der Waals surface area contributed by atoms with Gasteiger partial charge < -0.3 is 15.4 Å². The number of pyridine rings is 1. The van der Waals surface area contributed by atoms with E-state index >= 15 is 0 Å². The Balaban J connectivity index is 2.96. The Morgan fingerprint density at radius 2 is 1.75 bits per heavy atom. The Hall–Kier alpha value is -1.13. The van der Waals surface area contributed by atoms with Gasteiger partial charge in [0.2, 0.25) is 5.88 Å². The van der Waals surface area contributed by atoms with E-state index in [-0.39, 0.29) is 11.0 Å². The molecule has 0 spiro atoms. The van der Waals surface area contributed by atoms with Crippen LogP contribution in [0.1, 0.15) is 45.9 Å². The summed E-state index contributed by atoms with van der Waals surface area (Å²) < 4.78 is 5.90. The second kappa shape index (κ2) is 6.10. The zero-order valence-corrected chi connectivity index (χ0v) is 13.9. The van der Waals surface area contributed by atoms with E-state index in [0.29, 0.717) is 19.0 Å². The van der Waals surface area contributed by atoms with Crippen molar-refractivity contribution in [2.45, 2.75) is 52.1 Å². The lowest BCUT2D eigenvalue weighted by Gasteiger charge is -2.32. The van der Waals surface area contributed by atoms with E-state index in [0.717, 1.165) is 11.3 Å². The van der Waals surface area contributed by atoms with Crippen LogP contribution in [0.25, 0.3) is 0 Å². The van der Waals surface area contributed by atoms with Gasteiger partial charge in [0.15, 0.2) is 0 Å². The van der Waals surface area contributed by atoms with E-state index < -0.39 is 0 Å². The number of hydrogen-bond donors (Lipinski definition) is 1. The topological polar surface area (TPSA) is 51.4 Å². The highest BCUT2D eigenvalue weighted by molar-refractivity contribution is 5.28. The van der Waals surface area contributed by atoms with Crippen molar-refractivity contribution in [3.8, 4) is 5.88 Å². The smallest absolute Gasteiger partial charge is 0.213 e. The molecule has 1 aromatic heterocycles. The zero-order chi connectivity index (χ0) is 15.6. The summed E-state index contributed by atoms with van der Waals surface area (Å²) in [5, 5.41) is 0. The van der Waals surface area contributed by atoms with Crippen LogP contribution in [0.2, 0.25) is 0 Å². The molecule has 1 aromatic rings. The molecule has 0 fully saturated rings. The van der Waals surface area contributed by atoms with E-state index in [1.165, 1.54) is 0 Å². The third-order valence-electron chi connectivity index (χ3n) is 3.65. The van der Waals surface area contributed by atoms with Crippen LogP contribution in [0.15, 0.2) is 12.1 Å². The minimum atomic E-state index is -0.0394. The second-order valence-corrected chi connectivity index (χ2v) is 7.15. The fraction of sp³-hybridized carbons (Fsp3) is 0.688. The highest BCUT2D eigenvalue weighted by Crippen LogP contribution is 2.24. The molecule has 0 aliphatic rings. The van der Waals surface area contributed by atoms with Gasteiger partial charge in [-0.05, 0) is 39.6 Å². The molecule has 0 radical (unpaired) electrons. The maximum atomic E-state index is 5.90. The molecule has 0 aromatic carbocycles. The first-order chi connectivity index (χ1) is 9.06. The van der Waals surface area contributed by atoms with E-state index in [1.807, 2.05) is 20.2 Å². The molecule has 1 rings (SSSR count). The second-order valence-electron chi connectivity index (χ2n) is 7.15. The molecule has 0 bridgehead atoms. The quantitative estimate of drug-likeness (QED) is 0.900. The van der Waals surface area contributed by atoms with Crippen LogP contribution in [0.4, 0.5) is 0 Å². The van der Waals surface area contributed by atoms with E-state index in [1.54, 1.807) is 0 Å². The molecule has 0 aliphatic carbocycles. The number of likely N-dealkylation sites (N-methyl/N-ethyl adjacent to an activating group) is 1. The van der Waals surface area contributed by atoms with Gasteiger partial charge >= 0.3 is 0 Å². The van der Waals surface area contributed by atoms with Crippen molar-refractivity contribution in [2.75, 3.05) is 20.7 Å². The molecule has 4 nitrogen and oxygen atoms in total. The maximum Gasteiger partial charge on any atom is 0.213 e. The summed E-state index contributed by atoms with van der Waals surface area (Å²) in [6, 6.07) is 3.99. The van der Waals surface area contributed by atoms with Crippen LogP contribution < -0.4 is 10.5 Å². The van der Waals surface area contributed by atoms with Crippen molar-refractivity contribution >= 4 is 0 Å². The first-order valence-corrected chi connectivity index (χ1v) is 7.08. The molecule has 1 heterocycles. The van der Waals surface area contributed by atoms with Gasteiger partial charge in [0.05, 0.1) is 5.69 Å². The molecule has 0 saturated heterocycles. The van der Waals surface area contributed by atoms with Gasteiger partial charge in [-0.2, -0.15) is 0 Å². The number of nitrogens with two attached hydrogens (primary N) is 1. The van der Waals surface area contributed by atoms with Gasteiger partial charge in [-0.1, -0.05) is 20.8 Å². The summed E-state index contributed by atoms with van der Waals surface area (Å²) in [5.41, 5.74) is 7.79. The van der Waals surface area contributed by atoms with Crippen molar-refractivity contribution in [3.05, 3.63) is 23.4 Å². The molecular formula is C16H29N3O. The van der Waals surface area contributed by atoms with Crippen LogP contribution in [0, 0.1) is 0 Å². The largest absolute Gasteiger partial charge is 0.476 e. The van der Waals surface area contributed by atoms with Gasteiger partial charge in [0.25, 0.3) is 0 Å². The standard InChI is InChI=1S/C16H29N3O/c1-15(2,3)13-8-12(10-17)9-14(18-13)20-11-16(4,5)19(6)7/h8-9H,10-11,17H2,1-7H3. The number of aromatic nitrogens is 1. The minimum Gasteiger partial charge on any atom is -0.476 e. The van der Waals surface area contributed by atoms with Crippen molar-refractivity contribution in [1.82, 2.24) is 9.88 Å². The van der Waals surface area contributed by atoms with Crippen molar-refractivity contribution in [3.63, 3.8) is 0 Å². The van der Waals surface area contributed by atoms with Crippen molar-refractivity contribution in [1.29, 1.82) is 0 Å². The van der Waals surface area contributed by atoms with Crippen LogP contribution >= 0.6 is 0 Å². The van der Waals surface area contributed by atoms with Crippen LogP contribution in [-0.2, 0) is 12.0 Å². The van der Waals surface area contributed by atoms with Crippen molar-refractivity contribution in [2.24, 2.45) is 5.73 Å². The van der Waals surface area contributed by atoms with Gasteiger partial charge in [0, 0.05) is 23.6 Å². The summed E-state index contributed by atoms with van der Waals surface area (Å²) in [6.45, 7) is 11.8. The fourth-order valence-electron chi connectivity index (χ4n) is 1.51. The zero-order valence-electron chi connectivity index (χ0n) is 13.9. The Morgan fingerprint density at radius 3 is 2.20 bits per heavy atom. The number of rotatable bonds is 5. The normalized spacial score (nSPS) is 12.8. The molecule has 4 heteroatoms. The first kappa shape index (κ1) is 16.9. The van der Waals surface area contributed by atoms with Gasteiger partial charge in [-0.3, -0.25) is 0 Å². The van der Waals surface area contributed by atoms with E-state index in [9.17, 15) is 0 Å². The molecule has 20 heavy (non-hydrogen) atoms. The van der Waals surface area contributed by atoms with Crippen LogP contribution in [0.5, 0.6) is 5.88 Å².